The van der Waals surface area contributed by atoms with Crippen molar-refractivity contribution in [3.05, 3.63) is 33.9 Å². The van der Waals surface area contributed by atoms with Crippen LogP contribution in [-0.2, 0) is 10.0 Å². The second kappa shape index (κ2) is 5.57. The van der Waals surface area contributed by atoms with E-state index in [1.807, 2.05) is 0 Å². The van der Waals surface area contributed by atoms with Crippen LogP contribution in [0.2, 0.25) is 0 Å². The Morgan fingerprint density at radius 3 is 2.72 bits per heavy atom. The summed E-state index contributed by atoms with van der Waals surface area (Å²) < 4.78 is 26.0. The Labute approximate surface area is 104 Å². The summed E-state index contributed by atoms with van der Waals surface area (Å²) in [4.78, 5) is 9.71. The molecule has 0 aliphatic carbocycles. The minimum absolute atomic E-state index is 0.00108. The number of aryl methyl sites for hydroxylation is 1. The van der Waals surface area contributed by atoms with Gasteiger partial charge in [-0.15, -0.1) is 0 Å². The molecule has 0 aromatic heterocycles. The summed E-state index contributed by atoms with van der Waals surface area (Å²) in [6.07, 6.45) is -0.00108. The van der Waals surface area contributed by atoms with Crippen LogP contribution in [0.5, 0.6) is 0 Å². The Morgan fingerprint density at radius 2 is 2.17 bits per heavy atom. The molecule has 7 nitrogen and oxygen atoms in total. The van der Waals surface area contributed by atoms with Crippen LogP contribution in [0.4, 0.5) is 5.69 Å². The number of nitriles is 1. The van der Waals surface area contributed by atoms with Crippen LogP contribution >= 0.6 is 0 Å². The molecule has 8 heteroatoms. The highest BCUT2D eigenvalue weighted by Gasteiger charge is 2.27. The molecule has 18 heavy (non-hydrogen) atoms. The van der Waals surface area contributed by atoms with Gasteiger partial charge >= 0.3 is 0 Å². The predicted octanol–water partition coefficient (Wildman–Crippen LogP) is 1.10. The van der Waals surface area contributed by atoms with Crippen molar-refractivity contribution in [1.29, 1.82) is 5.26 Å². The Morgan fingerprint density at radius 1 is 1.50 bits per heavy atom. The largest absolute Gasteiger partial charge is 0.289 e. The number of nitrogens with zero attached hydrogens (tertiary/aromatic N) is 2. The molecule has 0 fully saturated rings. The lowest BCUT2D eigenvalue weighted by Crippen LogP contribution is -2.26. The molecule has 0 saturated carbocycles. The fraction of sp³-hybridized carbons (Fsp3) is 0.300. The number of hydrogen-bond acceptors (Lipinski definition) is 5. The van der Waals surface area contributed by atoms with Gasteiger partial charge in [-0.05, 0) is 12.5 Å². The van der Waals surface area contributed by atoms with Crippen LogP contribution in [0.1, 0.15) is 12.0 Å². The smallest absolute Gasteiger partial charge is 0.258 e. The number of hydrogen-bond donors (Lipinski definition) is 1. The van der Waals surface area contributed by atoms with Crippen molar-refractivity contribution >= 4 is 15.7 Å². The molecule has 1 N–H and O–H groups in total. The molecular weight excluding hydrogens is 258 g/mol. The second-order valence-corrected chi connectivity index (χ2v) is 5.19. The van der Waals surface area contributed by atoms with Crippen LogP contribution in [0, 0.1) is 28.4 Å². The lowest BCUT2D eigenvalue weighted by molar-refractivity contribution is -0.387. The fourth-order valence-corrected chi connectivity index (χ4v) is 2.87. The third-order valence-corrected chi connectivity index (χ3v) is 3.84. The number of rotatable bonds is 5. The number of nitro benzene ring substituents is 1. The van der Waals surface area contributed by atoms with Crippen LogP contribution in [0.25, 0.3) is 0 Å². The van der Waals surface area contributed by atoms with Gasteiger partial charge in [0, 0.05) is 19.0 Å². The van der Waals surface area contributed by atoms with E-state index in [0.29, 0.717) is 0 Å². The summed E-state index contributed by atoms with van der Waals surface area (Å²) in [6.45, 7) is 1.40. The molecule has 1 aromatic carbocycles. The molecule has 0 unspecified atom stereocenters. The molecule has 1 rings (SSSR count). The highest BCUT2D eigenvalue weighted by Crippen LogP contribution is 2.26. The summed E-state index contributed by atoms with van der Waals surface area (Å²) in [5.74, 6) is 0. The number of sulfonamides is 1. The van der Waals surface area contributed by atoms with E-state index >= 15 is 0 Å². The van der Waals surface area contributed by atoms with Crippen molar-refractivity contribution in [3.63, 3.8) is 0 Å². The van der Waals surface area contributed by atoms with Crippen molar-refractivity contribution in [2.24, 2.45) is 0 Å². The summed E-state index contributed by atoms with van der Waals surface area (Å²) in [7, 11) is -3.98. The monoisotopic (exact) mass is 269 g/mol. The molecule has 0 amide bonds. The van der Waals surface area contributed by atoms with Gasteiger partial charge in [0.15, 0.2) is 4.90 Å². The molecule has 0 radical (unpaired) electrons. The summed E-state index contributed by atoms with van der Waals surface area (Å²) >= 11 is 0. The van der Waals surface area contributed by atoms with E-state index in [9.17, 15) is 18.5 Å². The van der Waals surface area contributed by atoms with Crippen molar-refractivity contribution in [2.45, 2.75) is 18.2 Å². The molecule has 0 aliphatic rings. The zero-order valence-electron chi connectivity index (χ0n) is 9.58. The zero-order chi connectivity index (χ0) is 13.8. The minimum atomic E-state index is -3.98. The molecule has 0 atom stereocenters. The molecule has 0 spiro atoms. The van der Waals surface area contributed by atoms with Gasteiger partial charge in [-0.25, -0.2) is 13.1 Å². The number of nitro groups is 1. The number of nitrogens with one attached hydrogen (secondary N) is 1. The number of benzene rings is 1. The van der Waals surface area contributed by atoms with Gasteiger partial charge in [0.2, 0.25) is 10.0 Å². The van der Waals surface area contributed by atoms with Gasteiger partial charge in [-0.1, -0.05) is 12.1 Å². The van der Waals surface area contributed by atoms with E-state index in [1.54, 1.807) is 6.07 Å². The first-order chi connectivity index (χ1) is 8.40. The molecule has 0 aliphatic heterocycles. The van der Waals surface area contributed by atoms with Crippen molar-refractivity contribution < 1.29 is 13.3 Å². The molecule has 96 valence electrons. The topological polar surface area (TPSA) is 113 Å². The highest BCUT2D eigenvalue weighted by molar-refractivity contribution is 7.89. The second-order valence-electron chi connectivity index (χ2n) is 3.49. The molecule has 0 heterocycles. The molecule has 1 aromatic rings. The van der Waals surface area contributed by atoms with Gasteiger partial charge in [0.25, 0.3) is 5.69 Å². The average molecular weight is 269 g/mol. The Kier molecular flexibility index (Phi) is 4.36. The first kappa shape index (κ1) is 14.1. The SMILES string of the molecule is Cc1cccc([N+](=O)[O-])c1S(=O)(=O)NCCC#N. The zero-order valence-corrected chi connectivity index (χ0v) is 10.4. The lowest BCUT2D eigenvalue weighted by Gasteiger charge is -2.08. The molecule has 0 bridgehead atoms. The van der Waals surface area contributed by atoms with E-state index in [-0.39, 0.29) is 23.4 Å². The van der Waals surface area contributed by atoms with Crippen LogP contribution in [0.3, 0.4) is 0 Å². The Hall–Kier alpha value is -1.98. The van der Waals surface area contributed by atoms with Gasteiger partial charge < -0.3 is 0 Å². The quantitative estimate of drug-likeness (QED) is 0.488. The first-order valence-electron chi connectivity index (χ1n) is 5.01. The maximum absolute atomic E-state index is 11.9. The Bertz CT molecular complexity index is 604. The predicted molar refractivity (Wildman–Crippen MR) is 63.3 cm³/mol. The lowest BCUT2D eigenvalue weighted by atomic mass is 10.2. The maximum atomic E-state index is 11.9. The minimum Gasteiger partial charge on any atom is -0.258 e. The fourth-order valence-electron chi connectivity index (χ4n) is 1.44. The normalized spacial score (nSPS) is 10.9. The van der Waals surface area contributed by atoms with Gasteiger partial charge in [-0.2, -0.15) is 5.26 Å². The van der Waals surface area contributed by atoms with Crippen LogP contribution in [-0.4, -0.2) is 19.9 Å². The van der Waals surface area contributed by atoms with Crippen molar-refractivity contribution in [3.8, 4) is 6.07 Å². The van der Waals surface area contributed by atoms with Gasteiger partial charge in [0.1, 0.15) is 0 Å². The van der Waals surface area contributed by atoms with Gasteiger partial charge in [-0.3, -0.25) is 10.1 Å². The average Bonchev–Trinajstić information content (AvgIpc) is 2.28. The van der Waals surface area contributed by atoms with E-state index in [2.05, 4.69) is 4.72 Å². The third kappa shape index (κ3) is 3.03. The van der Waals surface area contributed by atoms with E-state index in [1.165, 1.54) is 19.1 Å². The van der Waals surface area contributed by atoms with Crippen molar-refractivity contribution in [1.82, 2.24) is 4.72 Å². The van der Waals surface area contributed by atoms with Crippen molar-refractivity contribution in [2.75, 3.05) is 6.54 Å². The van der Waals surface area contributed by atoms with Gasteiger partial charge in [0.05, 0.1) is 11.0 Å². The van der Waals surface area contributed by atoms with E-state index < -0.39 is 20.6 Å². The molecular formula is C10H11N3O4S. The first-order valence-corrected chi connectivity index (χ1v) is 6.49. The summed E-state index contributed by atoms with van der Waals surface area (Å²) in [5.41, 5.74) is -0.187. The summed E-state index contributed by atoms with van der Waals surface area (Å²) in [6, 6.07) is 5.81. The van der Waals surface area contributed by atoms with Crippen LogP contribution in [0.15, 0.2) is 23.1 Å². The molecule has 0 saturated heterocycles. The van der Waals surface area contributed by atoms with E-state index in [4.69, 9.17) is 5.26 Å². The Balaban J connectivity index is 3.24. The maximum Gasteiger partial charge on any atom is 0.289 e. The van der Waals surface area contributed by atoms with Crippen LogP contribution < -0.4 is 4.72 Å². The summed E-state index contributed by atoms with van der Waals surface area (Å²) in [5, 5.41) is 19.1. The van der Waals surface area contributed by atoms with E-state index in [0.717, 1.165) is 6.07 Å². The third-order valence-electron chi connectivity index (χ3n) is 2.19. The highest BCUT2D eigenvalue weighted by atomic mass is 32.2. The standard InChI is InChI=1S/C10H11N3O4S/c1-8-4-2-5-9(13(14)15)10(8)18(16,17)12-7-3-6-11/h2,4-5,12H,3,7H2,1H3.